The van der Waals surface area contributed by atoms with Gasteiger partial charge in [-0.05, 0) is 37.3 Å². The minimum Gasteiger partial charge on any atom is -0.481 e. The number of aliphatic carboxylic acids is 1. The van der Waals surface area contributed by atoms with Crippen LogP contribution in [0.1, 0.15) is 49.0 Å². The number of aryl methyl sites for hydroxylation is 1. The molecule has 168 valence electrons. The van der Waals surface area contributed by atoms with Gasteiger partial charge < -0.3 is 25.4 Å². The minimum absolute atomic E-state index is 0.223. The fourth-order valence-corrected chi connectivity index (χ4v) is 3.64. The van der Waals surface area contributed by atoms with Crippen LogP contribution >= 0.6 is 0 Å². The molecule has 3 N–H and O–H groups in total. The summed E-state index contributed by atoms with van der Waals surface area (Å²) in [5.41, 5.74) is 1.26. The van der Waals surface area contributed by atoms with Crippen molar-refractivity contribution < 1.29 is 29.1 Å². The summed E-state index contributed by atoms with van der Waals surface area (Å²) in [6.45, 7) is 5.76. The van der Waals surface area contributed by atoms with E-state index in [2.05, 4.69) is 10.6 Å². The predicted molar refractivity (Wildman–Crippen MR) is 112 cm³/mol. The SMILES string of the molecule is Cc1ccccc1C(=O)N[C@H](C(=O)N1CCC[C@H]1C(=O)N[C@H](C=O)CC(=O)O)C(C)C. The monoisotopic (exact) mass is 431 g/mol. The van der Waals surface area contributed by atoms with E-state index < -0.39 is 36.4 Å². The molecular formula is C22H29N3O6. The van der Waals surface area contributed by atoms with Gasteiger partial charge in [0.2, 0.25) is 11.8 Å². The highest BCUT2D eigenvalue weighted by Gasteiger charge is 2.39. The molecule has 9 nitrogen and oxygen atoms in total. The van der Waals surface area contributed by atoms with Gasteiger partial charge in [0, 0.05) is 12.1 Å². The zero-order valence-electron chi connectivity index (χ0n) is 18.0. The van der Waals surface area contributed by atoms with Crippen LogP contribution in [0.15, 0.2) is 24.3 Å². The van der Waals surface area contributed by atoms with Crippen molar-refractivity contribution in [2.45, 2.75) is 58.2 Å². The van der Waals surface area contributed by atoms with Gasteiger partial charge in [-0.3, -0.25) is 19.2 Å². The van der Waals surface area contributed by atoms with E-state index in [0.717, 1.165) is 5.56 Å². The molecule has 1 heterocycles. The number of amides is 3. The van der Waals surface area contributed by atoms with Crippen molar-refractivity contribution in [3.63, 3.8) is 0 Å². The average molecular weight is 431 g/mol. The van der Waals surface area contributed by atoms with E-state index in [1.54, 1.807) is 26.0 Å². The van der Waals surface area contributed by atoms with Crippen LogP contribution in [0, 0.1) is 12.8 Å². The molecule has 1 aromatic carbocycles. The number of likely N-dealkylation sites (tertiary alicyclic amines) is 1. The molecule has 1 aromatic rings. The lowest BCUT2D eigenvalue weighted by molar-refractivity contribution is -0.142. The molecule has 0 bridgehead atoms. The lowest BCUT2D eigenvalue weighted by atomic mass is 10.0. The summed E-state index contributed by atoms with van der Waals surface area (Å²) >= 11 is 0. The van der Waals surface area contributed by atoms with Crippen LogP contribution in [0.3, 0.4) is 0 Å². The van der Waals surface area contributed by atoms with Gasteiger partial charge in [0.1, 0.15) is 18.4 Å². The number of carboxylic acid groups (broad SMARTS) is 1. The van der Waals surface area contributed by atoms with Gasteiger partial charge in [-0.25, -0.2) is 0 Å². The number of hydrogen-bond donors (Lipinski definition) is 3. The molecule has 1 aliphatic rings. The van der Waals surface area contributed by atoms with Crippen molar-refractivity contribution in [1.82, 2.24) is 15.5 Å². The van der Waals surface area contributed by atoms with Gasteiger partial charge in [0.25, 0.3) is 5.91 Å². The van der Waals surface area contributed by atoms with Crippen molar-refractivity contribution >= 4 is 30.0 Å². The Morgan fingerprint density at radius 2 is 1.87 bits per heavy atom. The van der Waals surface area contributed by atoms with Crippen molar-refractivity contribution in [3.05, 3.63) is 35.4 Å². The van der Waals surface area contributed by atoms with Gasteiger partial charge >= 0.3 is 5.97 Å². The molecule has 0 aromatic heterocycles. The molecular weight excluding hydrogens is 402 g/mol. The third kappa shape index (κ3) is 6.13. The normalized spacial score (nSPS) is 17.7. The van der Waals surface area contributed by atoms with E-state index in [9.17, 15) is 24.0 Å². The largest absolute Gasteiger partial charge is 0.481 e. The van der Waals surface area contributed by atoms with Crippen molar-refractivity contribution in [3.8, 4) is 0 Å². The smallest absolute Gasteiger partial charge is 0.305 e. The maximum Gasteiger partial charge on any atom is 0.305 e. The number of benzene rings is 1. The Kier molecular flexibility index (Phi) is 8.30. The molecule has 1 saturated heterocycles. The fourth-order valence-electron chi connectivity index (χ4n) is 3.64. The summed E-state index contributed by atoms with van der Waals surface area (Å²) in [4.78, 5) is 62.0. The van der Waals surface area contributed by atoms with E-state index in [4.69, 9.17) is 5.11 Å². The molecule has 9 heteroatoms. The second-order valence-electron chi connectivity index (χ2n) is 8.05. The number of nitrogens with one attached hydrogen (secondary N) is 2. The Labute approximate surface area is 181 Å². The summed E-state index contributed by atoms with van der Waals surface area (Å²) in [6.07, 6.45) is 0.821. The number of rotatable bonds is 9. The summed E-state index contributed by atoms with van der Waals surface area (Å²) in [5, 5.41) is 14.0. The lowest BCUT2D eigenvalue weighted by Gasteiger charge is -2.31. The van der Waals surface area contributed by atoms with Crippen LogP contribution in [0.25, 0.3) is 0 Å². The Hall–Kier alpha value is -3.23. The molecule has 2 rings (SSSR count). The maximum atomic E-state index is 13.3. The number of carboxylic acids is 1. The summed E-state index contributed by atoms with van der Waals surface area (Å²) in [6, 6.07) is 4.24. The van der Waals surface area contributed by atoms with Crippen molar-refractivity contribution in [2.24, 2.45) is 5.92 Å². The first kappa shape index (κ1) is 24.0. The number of hydrogen-bond acceptors (Lipinski definition) is 5. The third-order valence-electron chi connectivity index (χ3n) is 5.33. The Morgan fingerprint density at radius 3 is 2.45 bits per heavy atom. The Balaban J connectivity index is 2.14. The molecule has 1 aliphatic heterocycles. The second-order valence-corrected chi connectivity index (χ2v) is 8.05. The van der Waals surface area contributed by atoms with Crippen LogP contribution < -0.4 is 10.6 Å². The summed E-state index contributed by atoms with van der Waals surface area (Å²) in [5.74, 6) is -2.75. The van der Waals surface area contributed by atoms with E-state index >= 15 is 0 Å². The first-order valence-electron chi connectivity index (χ1n) is 10.3. The highest BCUT2D eigenvalue weighted by Crippen LogP contribution is 2.21. The van der Waals surface area contributed by atoms with Crippen LogP contribution in [0.4, 0.5) is 0 Å². The molecule has 1 fully saturated rings. The van der Waals surface area contributed by atoms with Crippen LogP contribution in [-0.4, -0.2) is 64.7 Å². The first-order valence-corrected chi connectivity index (χ1v) is 10.3. The van der Waals surface area contributed by atoms with Gasteiger partial charge in [-0.2, -0.15) is 0 Å². The predicted octanol–water partition coefficient (Wildman–Crippen LogP) is 0.899. The number of carbonyl (C=O) groups is 5. The van der Waals surface area contributed by atoms with E-state index in [1.807, 2.05) is 19.1 Å². The third-order valence-corrected chi connectivity index (χ3v) is 5.33. The van der Waals surface area contributed by atoms with E-state index in [1.165, 1.54) is 4.90 Å². The number of aldehydes is 1. The Morgan fingerprint density at radius 1 is 1.19 bits per heavy atom. The molecule has 31 heavy (non-hydrogen) atoms. The Bertz CT molecular complexity index is 853. The van der Waals surface area contributed by atoms with E-state index in [-0.39, 0.29) is 17.7 Å². The molecule has 3 atom stereocenters. The van der Waals surface area contributed by atoms with Gasteiger partial charge in [-0.1, -0.05) is 32.0 Å². The maximum absolute atomic E-state index is 13.3. The molecule has 0 unspecified atom stereocenters. The average Bonchev–Trinajstić information content (AvgIpc) is 3.20. The molecule has 0 radical (unpaired) electrons. The van der Waals surface area contributed by atoms with Crippen molar-refractivity contribution in [2.75, 3.05) is 6.54 Å². The quantitative estimate of drug-likeness (QED) is 0.498. The first-order chi connectivity index (χ1) is 14.6. The zero-order chi connectivity index (χ0) is 23.1. The van der Waals surface area contributed by atoms with Gasteiger partial charge in [-0.15, -0.1) is 0 Å². The summed E-state index contributed by atoms with van der Waals surface area (Å²) in [7, 11) is 0. The minimum atomic E-state index is -1.21. The van der Waals surface area contributed by atoms with Crippen molar-refractivity contribution in [1.29, 1.82) is 0 Å². The van der Waals surface area contributed by atoms with Crippen LogP contribution in [0.2, 0.25) is 0 Å². The van der Waals surface area contributed by atoms with Crippen LogP contribution in [0.5, 0.6) is 0 Å². The van der Waals surface area contributed by atoms with Gasteiger partial charge in [0.05, 0.1) is 12.5 Å². The molecule has 3 amide bonds. The highest BCUT2D eigenvalue weighted by molar-refractivity contribution is 5.99. The second kappa shape index (κ2) is 10.7. The standard InChI is InChI=1S/C22H29N3O6/c1-13(2)19(24-20(29)16-8-5-4-7-14(16)3)22(31)25-10-6-9-17(25)21(30)23-15(12-26)11-18(27)28/h4-5,7-8,12-13,15,17,19H,6,9-11H2,1-3H3,(H,23,30)(H,24,29)(H,27,28)/t15-,17-,19-/m0/s1. The molecule has 0 aliphatic carbocycles. The zero-order valence-corrected chi connectivity index (χ0v) is 18.0. The highest BCUT2D eigenvalue weighted by atomic mass is 16.4. The molecule has 0 saturated carbocycles. The lowest BCUT2D eigenvalue weighted by Crippen LogP contribution is -2.56. The van der Waals surface area contributed by atoms with Crippen LogP contribution in [-0.2, 0) is 19.2 Å². The van der Waals surface area contributed by atoms with E-state index in [0.29, 0.717) is 31.2 Å². The fraction of sp³-hybridized carbons (Fsp3) is 0.500. The number of carbonyl (C=O) groups excluding carboxylic acids is 4. The topological polar surface area (TPSA) is 133 Å². The number of nitrogens with zero attached hydrogens (tertiary/aromatic N) is 1. The summed E-state index contributed by atoms with van der Waals surface area (Å²) < 4.78 is 0. The van der Waals surface area contributed by atoms with Gasteiger partial charge in [0.15, 0.2) is 0 Å². The molecule has 0 spiro atoms.